The third-order valence-electron chi connectivity index (χ3n) is 6.97. The molecule has 0 radical (unpaired) electrons. The van der Waals surface area contributed by atoms with E-state index < -0.39 is 15.8 Å². The van der Waals surface area contributed by atoms with E-state index in [0.29, 0.717) is 11.3 Å². The minimum Gasteiger partial charge on any atom is -0.497 e. The lowest BCUT2D eigenvalue weighted by Gasteiger charge is -2.32. The molecule has 0 aliphatic heterocycles. The van der Waals surface area contributed by atoms with Crippen molar-refractivity contribution in [3.63, 3.8) is 0 Å². The molecule has 0 heterocycles. The largest absolute Gasteiger partial charge is 0.497 e. The second-order valence-electron chi connectivity index (χ2n) is 9.47. The van der Waals surface area contributed by atoms with Crippen LogP contribution in [0.1, 0.15) is 20.3 Å². The molecule has 0 amide bonds. The fourth-order valence-corrected chi connectivity index (χ4v) is 10.7. The lowest BCUT2D eigenvalue weighted by molar-refractivity contribution is 0.415. The van der Waals surface area contributed by atoms with Crippen LogP contribution in [0.15, 0.2) is 97.1 Å². The van der Waals surface area contributed by atoms with E-state index in [2.05, 4.69) is 111 Å². The summed E-state index contributed by atoms with van der Waals surface area (Å²) in [5.74, 6) is 3.53. The molecule has 204 valence electrons. The van der Waals surface area contributed by atoms with Crippen molar-refractivity contribution >= 4 is 37.1 Å². The van der Waals surface area contributed by atoms with Crippen LogP contribution in [0.4, 0.5) is 0 Å². The maximum atomic E-state index is 5.45. The molecule has 4 rings (SSSR count). The van der Waals surface area contributed by atoms with Gasteiger partial charge in [-0.25, -0.2) is 0 Å². The summed E-state index contributed by atoms with van der Waals surface area (Å²) in [5.41, 5.74) is 0.913. The average Bonchev–Trinajstić information content (AvgIpc) is 2.99. The number of rotatable bonds is 12. The first kappa shape index (κ1) is 28.9. The van der Waals surface area contributed by atoms with Crippen LogP contribution in [-0.4, -0.2) is 39.8 Å². The fraction of sp³-hybridized carbons (Fsp3) is 0.273. The van der Waals surface area contributed by atoms with Gasteiger partial charge in [0.15, 0.2) is 0 Å². The predicted octanol–water partition coefficient (Wildman–Crippen LogP) is 6.45. The molecule has 0 aliphatic carbocycles. The maximum Gasteiger partial charge on any atom is 0.118 e. The van der Waals surface area contributed by atoms with Gasteiger partial charge >= 0.3 is 0 Å². The molecular formula is C33H38O4P2. The molecule has 0 bridgehead atoms. The quantitative estimate of drug-likeness (QED) is 0.187. The Balaban J connectivity index is 1.68. The topological polar surface area (TPSA) is 36.9 Å². The maximum absolute atomic E-state index is 5.45. The molecule has 0 fully saturated rings. The highest BCUT2D eigenvalue weighted by Crippen LogP contribution is 2.48. The van der Waals surface area contributed by atoms with Crippen LogP contribution in [0, 0.1) is 0 Å². The van der Waals surface area contributed by atoms with Crippen LogP contribution in [0.2, 0.25) is 0 Å². The molecule has 0 aromatic heterocycles. The predicted molar refractivity (Wildman–Crippen MR) is 168 cm³/mol. The van der Waals surface area contributed by atoms with Gasteiger partial charge in [0.25, 0.3) is 0 Å². The summed E-state index contributed by atoms with van der Waals surface area (Å²) in [7, 11) is 5.66. The first-order valence-electron chi connectivity index (χ1n) is 13.1. The van der Waals surface area contributed by atoms with Crippen molar-refractivity contribution in [1.82, 2.24) is 0 Å². The van der Waals surface area contributed by atoms with Crippen LogP contribution in [0.3, 0.4) is 0 Å². The van der Waals surface area contributed by atoms with Crippen molar-refractivity contribution in [2.24, 2.45) is 0 Å². The van der Waals surface area contributed by atoms with Crippen molar-refractivity contribution in [2.45, 2.75) is 31.6 Å². The summed E-state index contributed by atoms with van der Waals surface area (Å²) in [6.45, 7) is 4.82. The van der Waals surface area contributed by atoms with Crippen molar-refractivity contribution < 1.29 is 18.9 Å². The number of benzene rings is 4. The number of methoxy groups -OCH3 is 4. The second kappa shape index (κ2) is 13.8. The summed E-state index contributed by atoms with van der Waals surface area (Å²) in [6.07, 6.45) is 1.09. The zero-order valence-electron chi connectivity index (χ0n) is 23.6. The van der Waals surface area contributed by atoms with E-state index in [-0.39, 0.29) is 0 Å². The van der Waals surface area contributed by atoms with Crippen molar-refractivity contribution in [1.29, 1.82) is 0 Å². The molecule has 0 aliphatic rings. The monoisotopic (exact) mass is 560 g/mol. The number of hydrogen-bond donors (Lipinski definition) is 0. The smallest absolute Gasteiger partial charge is 0.118 e. The molecule has 0 saturated heterocycles. The first-order valence-corrected chi connectivity index (χ1v) is 15.9. The molecule has 6 heteroatoms. The van der Waals surface area contributed by atoms with Gasteiger partial charge in [0.05, 0.1) is 28.4 Å². The minimum atomic E-state index is -0.598. The van der Waals surface area contributed by atoms with Crippen LogP contribution in [0.5, 0.6) is 23.0 Å². The highest BCUT2D eigenvalue weighted by molar-refractivity contribution is 7.74. The van der Waals surface area contributed by atoms with Crippen molar-refractivity contribution in [2.75, 3.05) is 28.4 Å². The second-order valence-corrected chi connectivity index (χ2v) is 14.8. The third-order valence-corrected chi connectivity index (χ3v) is 12.6. The van der Waals surface area contributed by atoms with Gasteiger partial charge in [-0.1, -0.05) is 62.4 Å². The zero-order chi connectivity index (χ0) is 27.8. The van der Waals surface area contributed by atoms with Gasteiger partial charge < -0.3 is 18.9 Å². The van der Waals surface area contributed by atoms with Gasteiger partial charge in [-0.2, -0.15) is 0 Å². The Labute approximate surface area is 235 Å². The lowest BCUT2D eigenvalue weighted by Crippen LogP contribution is -2.26. The van der Waals surface area contributed by atoms with Gasteiger partial charge in [-0.3, -0.25) is 0 Å². The summed E-state index contributed by atoms with van der Waals surface area (Å²) in [6, 6.07) is 34.4. The van der Waals surface area contributed by atoms with Crippen molar-refractivity contribution in [3.05, 3.63) is 97.1 Å². The Kier molecular flexibility index (Phi) is 10.3. The number of hydrogen-bond acceptors (Lipinski definition) is 4. The Hall–Kier alpha value is -3.06. The molecule has 0 spiro atoms. The Morgan fingerprint density at radius 3 is 0.795 bits per heavy atom. The molecule has 0 N–H and O–H groups in total. The molecular weight excluding hydrogens is 522 g/mol. The molecule has 2 atom stereocenters. The van der Waals surface area contributed by atoms with E-state index in [1.54, 1.807) is 28.4 Å². The highest BCUT2D eigenvalue weighted by atomic mass is 31.1. The lowest BCUT2D eigenvalue weighted by atomic mass is 10.2. The fourth-order valence-electron chi connectivity index (χ4n) is 4.99. The van der Waals surface area contributed by atoms with E-state index in [1.807, 2.05) is 0 Å². The molecule has 0 saturated carbocycles. The molecule has 4 aromatic carbocycles. The standard InChI is InChI=1S/C33H38O4P2/c1-24(38(30-15-7-26(34-3)8-16-30)31-17-9-27(35-4)10-18-31)23-25(2)39(32-19-11-28(36-5)12-20-32)33-21-13-29(37-6)14-22-33/h7-22,24-25H,23H2,1-6H3/t24-,25-/m0/s1. The van der Waals surface area contributed by atoms with Crippen LogP contribution < -0.4 is 40.2 Å². The minimum absolute atomic E-state index is 0.457. The normalized spacial score (nSPS) is 12.7. The molecule has 0 unspecified atom stereocenters. The Morgan fingerprint density at radius 2 is 0.615 bits per heavy atom. The van der Waals surface area contributed by atoms with Gasteiger partial charge in [-0.15, -0.1) is 0 Å². The summed E-state index contributed by atoms with van der Waals surface area (Å²) in [5, 5.41) is 5.42. The van der Waals surface area contributed by atoms with Gasteiger partial charge in [0, 0.05) is 0 Å². The van der Waals surface area contributed by atoms with Gasteiger partial charge in [0.2, 0.25) is 0 Å². The molecule has 4 aromatic rings. The highest BCUT2D eigenvalue weighted by Gasteiger charge is 2.28. The number of ether oxygens (including phenoxy) is 4. The van der Waals surface area contributed by atoms with E-state index in [4.69, 9.17) is 18.9 Å². The molecule has 4 nitrogen and oxygen atoms in total. The van der Waals surface area contributed by atoms with E-state index in [9.17, 15) is 0 Å². The summed E-state index contributed by atoms with van der Waals surface area (Å²) >= 11 is 0. The van der Waals surface area contributed by atoms with Crippen LogP contribution >= 0.6 is 15.8 Å². The molecule has 39 heavy (non-hydrogen) atoms. The van der Waals surface area contributed by atoms with E-state index in [0.717, 1.165) is 29.4 Å². The first-order chi connectivity index (χ1) is 19.0. The van der Waals surface area contributed by atoms with Crippen LogP contribution in [0.25, 0.3) is 0 Å². The van der Waals surface area contributed by atoms with E-state index in [1.165, 1.54) is 21.2 Å². The average molecular weight is 561 g/mol. The van der Waals surface area contributed by atoms with Crippen molar-refractivity contribution in [3.8, 4) is 23.0 Å². The SMILES string of the molecule is COc1ccc(P(c2ccc(OC)cc2)[C@@H](C)C[C@H](C)P(c2ccc(OC)cc2)c2ccc(OC)cc2)cc1. The Morgan fingerprint density at radius 1 is 0.410 bits per heavy atom. The Bertz CT molecular complexity index is 1090. The third kappa shape index (κ3) is 7.13. The zero-order valence-corrected chi connectivity index (χ0v) is 25.4. The van der Waals surface area contributed by atoms with Crippen LogP contribution in [-0.2, 0) is 0 Å². The summed E-state index contributed by atoms with van der Waals surface area (Å²) in [4.78, 5) is 0. The van der Waals surface area contributed by atoms with E-state index >= 15 is 0 Å². The summed E-state index contributed by atoms with van der Waals surface area (Å²) < 4.78 is 21.8. The van der Waals surface area contributed by atoms with Gasteiger partial charge in [-0.05, 0) is 103 Å². The van der Waals surface area contributed by atoms with Gasteiger partial charge in [0.1, 0.15) is 23.0 Å².